The van der Waals surface area contributed by atoms with Gasteiger partial charge in [-0.05, 0) is 23.9 Å². The molecular formula is C19H12F8N6O4S. The lowest BCUT2D eigenvalue weighted by Crippen LogP contribution is -2.50. The van der Waals surface area contributed by atoms with Crippen LogP contribution in [0.5, 0.6) is 0 Å². The molecule has 10 nitrogen and oxygen atoms in total. The lowest BCUT2D eigenvalue weighted by atomic mass is 10.0. The summed E-state index contributed by atoms with van der Waals surface area (Å²) in [6.07, 6.45) is -6.85. The molecule has 0 bridgehead atoms. The maximum Gasteiger partial charge on any atom is 0.460 e. The molecule has 0 radical (unpaired) electrons. The zero-order valence-electron chi connectivity index (χ0n) is 18.4. The molecule has 3 aromatic rings. The van der Waals surface area contributed by atoms with Gasteiger partial charge in [0.05, 0.1) is 10.5 Å². The summed E-state index contributed by atoms with van der Waals surface area (Å²) in [5.41, 5.74) is -3.19. The number of anilines is 1. The van der Waals surface area contributed by atoms with Crippen LogP contribution in [0.1, 0.15) is 21.7 Å². The molecule has 2 N–H and O–H groups in total. The van der Waals surface area contributed by atoms with E-state index in [0.29, 0.717) is 0 Å². The van der Waals surface area contributed by atoms with E-state index in [2.05, 4.69) is 15.2 Å². The molecule has 0 atom stereocenters. The number of nitrogens with one attached hydrogen (secondary N) is 1. The standard InChI is InChI=1S/C19H12F8N6O4S/c1-32-13(7-34)30-31-16(32)38-12-3-2-9(33(36)37)5-10(12)15(35)29-14-11(20)4-8(6-28-14)17(21,22)18(23,24)19(25,26)27/h2-6,34H,7H2,1H3,(H,28,29,35). The van der Waals surface area contributed by atoms with Crippen LogP contribution in [0.15, 0.2) is 40.5 Å². The summed E-state index contributed by atoms with van der Waals surface area (Å²) in [5.74, 6) is -16.7. The predicted octanol–water partition coefficient (Wildman–Crippen LogP) is 4.44. The molecular weight excluding hydrogens is 560 g/mol. The number of carbonyl (C=O) groups excluding carboxylic acids is 1. The van der Waals surface area contributed by atoms with Crippen LogP contribution in [0.2, 0.25) is 0 Å². The zero-order chi connectivity index (χ0) is 28.6. The average Bonchev–Trinajstić information content (AvgIpc) is 3.18. The van der Waals surface area contributed by atoms with Crippen molar-refractivity contribution in [2.75, 3.05) is 5.32 Å². The van der Waals surface area contributed by atoms with Crippen LogP contribution in [0.25, 0.3) is 0 Å². The van der Waals surface area contributed by atoms with E-state index in [0.717, 1.165) is 30.0 Å². The van der Waals surface area contributed by atoms with Gasteiger partial charge in [0.2, 0.25) is 0 Å². The smallest absolute Gasteiger partial charge is 0.388 e. The monoisotopic (exact) mass is 572 g/mol. The number of amides is 1. The fourth-order valence-corrected chi connectivity index (χ4v) is 3.72. The van der Waals surface area contributed by atoms with E-state index in [-0.39, 0.29) is 28.1 Å². The van der Waals surface area contributed by atoms with Gasteiger partial charge < -0.3 is 15.0 Å². The second-order valence-corrected chi connectivity index (χ2v) is 8.32. The number of aromatic nitrogens is 4. The van der Waals surface area contributed by atoms with Crippen LogP contribution in [-0.2, 0) is 19.6 Å². The Hall–Kier alpha value is -3.87. The Labute approximate surface area is 209 Å². The van der Waals surface area contributed by atoms with Crippen molar-refractivity contribution in [2.24, 2.45) is 7.05 Å². The van der Waals surface area contributed by atoms with E-state index >= 15 is 0 Å². The molecule has 1 aromatic carbocycles. The van der Waals surface area contributed by atoms with Gasteiger partial charge in [0.25, 0.3) is 11.6 Å². The van der Waals surface area contributed by atoms with Gasteiger partial charge in [-0.25, -0.2) is 9.37 Å². The minimum absolute atomic E-state index is 0.0125. The highest BCUT2D eigenvalue weighted by atomic mass is 32.2. The quantitative estimate of drug-likeness (QED) is 0.230. The molecule has 0 aliphatic rings. The first-order chi connectivity index (χ1) is 17.5. The lowest BCUT2D eigenvalue weighted by Gasteiger charge is -2.28. The maximum absolute atomic E-state index is 14.4. The third kappa shape index (κ3) is 5.23. The van der Waals surface area contributed by atoms with Crippen molar-refractivity contribution in [3.05, 3.63) is 63.3 Å². The summed E-state index contributed by atoms with van der Waals surface area (Å²) in [7, 11) is 1.46. The molecule has 2 heterocycles. The van der Waals surface area contributed by atoms with Gasteiger partial charge >= 0.3 is 18.0 Å². The van der Waals surface area contributed by atoms with Gasteiger partial charge in [-0.3, -0.25) is 14.9 Å². The van der Waals surface area contributed by atoms with Gasteiger partial charge in [0.1, 0.15) is 6.61 Å². The second kappa shape index (κ2) is 10.1. The molecule has 0 aliphatic carbocycles. The summed E-state index contributed by atoms with van der Waals surface area (Å²) in [6, 6.07) is 2.54. The first-order valence-electron chi connectivity index (χ1n) is 9.76. The molecule has 0 aliphatic heterocycles. The van der Waals surface area contributed by atoms with Crippen LogP contribution < -0.4 is 5.32 Å². The number of carbonyl (C=O) groups is 1. The maximum atomic E-state index is 14.4. The molecule has 0 saturated carbocycles. The number of hydrogen-bond donors (Lipinski definition) is 2. The van der Waals surface area contributed by atoms with Crippen molar-refractivity contribution in [1.29, 1.82) is 0 Å². The minimum atomic E-state index is -6.67. The van der Waals surface area contributed by atoms with Gasteiger partial charge in [-0.15, -0.1) is 10.2 Å². The number of aliphatic hydroxyl groups excluding tert-OH is 1. The van der Waals surface area contributed by atoms with E-state index in [4.69, 9.17) is 0 Å². The Morgan fingerprint density at radius 2 is 1.82 bits per heavy atom. The molecule has 3 rings (SSSR count). The van der Waals surface area contributed by atoms with Gasteiger partial charge in [-0.1, -0.05) is 0 Å². The molecule has 2 aromatic heterocycles. The van der Waals surface area contributed by atoms with Crippen LogP contribution in [0, 0.1) is 15.9 Å². The average molecular weight is 572 g/mol. The number of nitro benzene ring substituents is 1. The minimum Gasteiger partial charge on any atom is -0.388 e. The number of pyridine rings is 1. The van der Waals surface area contributed by atoms with E-state index in [1.54, 1.807) is 5.32 Å². The summed E-state index contributed by atoms with van der Waals surface area (Å²) in [5, 5.41) is 29.8. The molecule has 38 heavy (non-hydrogen) atoms. The van der Waals surface area contributed by atoms with Crippen molar-refractivity contribution >= 4 is 29.2 Å². The highest BCUT2D eigenvalue weighted by molar-refractivity contribution is 7.99. The fourth-order valence-electron chi connectivity index (χ4n) is 2.80. The van der Waals surface area contributed by atoms with E-state index in [9.17, 15) is 55.1 Å². The fraction of sp³-hybridized carbons (Fsp3) is 0.263. The highest BCUT2D eigenvalue weighted by Gasteiger charge is 2.73. The molecule has 0 unspecified atom stereocenters. The molecule has 19 heteroatoms. The summed E-state index contributed by atoms with van der Waals surface area (Å²) in [6.45, 7) is -0.493. The first kappa shape index (κ1) is 28.7. The number of halogens is 8. The van der Waals surface area contributed by atoms with E-state index in [1.807, 2.05) is 0 Å². The van der Waals surface area contributed by atoms with Crippen molar-refractivity contribution in [3.8, 4) is 0 Å². The number of aliphatic hydroxyl groups is 1. The number of non-ortho nitro benzene ring substituents is 1. The zero-order valence-corrected chi connectivity index (χ0v) is 19.3. The Kier molecular flexibility index (Phi) is 7.64. The number of alkyl halides is 7. The Morgan fingerprint density at radius 1 is 1.16 bits per heavy atom. The molecule has 0 fully saturated rings. The number of hydrogen-bond acceptors (Lipinski definition) is 8. The summed E-state index contributed by atoms with van der Waals surface area (Å²) >= 11 is 0.743. The lowest BCUT2D eigenvalue weighted by molar-refractivity contribution is -0.384. The largest absolute Gasteiger partial charge is 0.460 e. The van der Waals surface area contributed by atoms with Crippen molar-refractivity contribution in [1.82, 2.24) is 19.7 Å². The van der Waals surface area contributed by atoms with E-state index < -0.39 is 63.9 Å². The third-order valence-electron chi connectivity index (χ3n) is 4.87. The van der Waals surface area contributed by atoms with Gasteiger partial charge in [0, 0.05) is 35.8 Å². The molecule has 0 saturated heterocycles. The van der Waals surface area contributed by atoms with Gasteiger partial charge in [-0.2, -0.15) is 30.7 Å². The van der Waals surface area contributed by atoms with Crippen molar-refractivity contribution in [2.45, 2.75) is 34.7 Å². The molecule has 1 amide bonds. The topological polar surface area (TPSA) is 136 Å². The van der Waals surface area contributed by atoms with Crippen LogP contribution >= 0.6 is 11.8 Å². The summed E-state index contributed by atoms with van der Waals surface area (Å²) < 4.78 is 107. The number of benzene rings is 1. The Morgan fingerprint density at radius 3 is 2.34 bits per heavy atom. The SMILES string of the molecule is Cn1c(CO)nnc1Sc1ccc([N+](=O)[O-])cc1C(=O)Nc1ncc(C(F)(F)C(F)(F)C(F)(F)F)cc1F. The highest BCUT2D eigenvalue weighted by Crippen LogP contribution is 2.51. The second-order valence-electron chi connectivity index (χ2n) is 7.31. The normalized spacial score (nSPS) is 12.5. The Bertz CT molecular complexity index is 1400. The van der Waals surface area contributed by atoms with Gasteiger partial charge in [0.15, 0.2) is 22.6 Å². The molecule has 0 spiro atoms. The predicted molar refractivity (Wildman–Crippen MR) is 111 cm³/mol. The van der Waals surface area contributed by atoms with Crippen LogP contribution in [-0.4, -0.2) is 47.8 Å². The number of nitro groups is 1. The summed E-state index contributed by atoms with van der Waals surface area (Å²) in [4.78, 5) is 26.1. The van der Waals surface area contributed by atoms with Crippen LogP contribution in [0.3, 0.4) is 0 Å². The van der Waals surface area contributed by atoms with Crippen LogP contribution in [0.4, 0.5) is 46.6 Å². The third-order valence-corrected chi connectivity index (χ3v) is 5.99. The van der Waals surface area contributed by atoms with Crippen molar-refractivity contribution in [3.63, 3.8) is 0 Å². The Balaban J connectivity index is 1.96. The van der Waals surface area contributed by atoms with E-state index in [1.165, 1.54) is 11.6 Å². The number of nitrogens with zero attached hydrogens (tertiary/aromatic N) is 5. The van der Waals surface area contributed by atoms with Crippen molar-refractivity contribution < 1.29 is 49.9 Å². The first-order valence-corrected chi connectivity index (χ1v) is 10.6. The molecule has 204 valence electrons. The number of rotatable bonds is 8.